The van der Waals surface area contributed by atoms with E-state index in [0.29, 0.717) is 29.2 Å². The smallest absolute Gasteiger partial charge is 0.337 e. The van der Waals surface area contributed by atoms with Gasteiger partial charge in [0, 0.05) is 17.9 Å². The number of hydrogen-bond acceptors (Lipinski definition) is 5. The van der Waals surface area contributed by atoms with E-state index >= 15 is 0 Å². The fourth-order valence-electron chi connectivity index (χ4n) is 2.68. The summed E-state index contributed by atoms with van der Waals surface area (Å²) in [5.74, 6) is 0.0578. The second kappa shape index (κ2) is 8.49. The van der Waals surface area contributed by atoms with Gasteiger partial charge >= 0.3 is 5.97 Å². The van der Waals surface area contributed by atoms with Crippen LogP contribution in [0.3, 0.4) is 0 Å². The Morgan fingerprint density at radius 1 is 1.08 bits per heavy atom. The standard InChI is InChI=1S/C20H21NO5/c1-24-20(23)15-4-8-16(9-5-15)21-19(22)14-6-10-17(11-7-14)26-13-18-3-2-12-25-18/h4-11,18H,2-3,12-13H2,1H3,(H,21,22)/t18-/m1/s1. The van der Waals surface area contributed by atoms with Gasteiger partial charge in [0.25, 0.3) is 5.91 Å². The Balaban J connectivity index is 1.54. The van der Waals surface area contributed by atoms with Crippen LogP contribution >= 0.6 is 0 Å². The van der Waals surface area contributed by atoms with E-state index in [-0.39, 0.29) is 12.0 Å². The lowest BCUT2D eigenvalue weighted by atomic mass is 10.1. The first-order chi connectivity index (χ1) is 12.7. The maximum absolute atomic E-state index is 12.3. The number of amides is 1. The fraction of sp³-hybridized carbons (Fsp3) is 0.300. The van der Waals surface area contributed by atoms with Crippen molar-refractivity contribution >= 4 is 17.6 Å². The maximum atomic E-state index is 12.3. The molecule has 0 aromatic heterocycles. The summed E-state index contributed by atoms with van der Waals surface area (Å²) >= 11 is 0. The van der Waals surface area contributed by atoms with Crippen LogP contribution in [0.1, 0.15) is 33.6 Å². The van der Waals surface area contributed by atoms with Gasteiger partial charge in [-0.15, -0.1) is 0 Å². The lowest BCUT2D eigenvalue weighted by molar-refractivity contribution is 0.0600. The molecule has 0 bridgehead atoms. The van der Waals surface area contributed by atoms with Gasteiger partial charge in [-0.25, -0.2) is 4.79 Å². The Bertz CT molecular complexity index is 749. The van der Waals surface area contributed by atoms with Crippen molar-refractivity contribution in [3.8, 4) is 5.75 Å². The van der Waals surface area contributed by atoms with Crippen LogP contribution in [0.4, 0.5) is 5.69 Å². The van der Waals surface area contributed by atoms with Crippen LogP contribution < -0.4 is 10.1 Å². The van der Waals surface area contributed by atoms with Crippen molar-refractivity contribution in [3.63, 3.8) is 0 Å². The number of anilines is 1. The second-order valence-corrected chi connectivity index (χ2v) is 5.99. The van der Waals surface area contributed by atoms with Gasteiger partial charge in [0.2, 0.25) is 0 Å². The minimum absolute atomic E-state index is 0.158. The molecule has 6 heteroatoms. The molecule has 26 heavy (non-hydrogen) atoms. The monoisotopic (exact) mass is 355 g/mol. The second-order valence-electron chi connectivity index (χ2n) is 5.99. The predicted molar refractivity (Wildman–Crippen MR) is 96.6 cm³/mol. The van der Waals surface area contributed by atoms with Gasteiger partial charge in [-0.05, 0) is 61.4 Å². The first-order valence-corrected chi connectivity index (χ1v) is 8.50. The van der Waals surface area contributed by atoms with Crippen LogP contribution in [0.5, 0.6) is 5.75 Å². The summed E-state index contributed by atoms with van der Waals surface area (Å²) < 4.78 is 15.8. The van der Waals surface area contributed by atoms with Gasteiger partial charge in [0.05, 0.1) is 18.8 Å². The summed E-state index contributed by atoms with van der Waals surface area (Å²) in [7, 11) is 1.33. The summed E-state index contributed by atoms with van der Waals surface area (Å²) in [6.07, 6.45) is 2.26. The largest absolute Gasteiger partial charge is 0.491 e. The van der Waals surface area contributed by atoms with Crippen molar-refractivity contribution < 1.29 is 23.8 Å². The van der Waals surface area contributed by atoms with Crippen molar-refractivity contribution in [1.82, 2.24) is 0 Å². The molecule has 0 saturated carbocycles. The molecule has 0 spiro atoms. The van der Waals surface area contributed by atoms with Crippen LogP contribution in [-0.2, 0) is 9.47 Å². The summed E-state index contributed by atoms with van der Waals surface area (Å²) in [4.78, 5) is 23.7. The van der Waals surface area contributed by atoms with Crippen molar-refractivity contribution in [2.24, 2.45) is 0 Å². The quantitative estimate of drug-likeness (QED) is 0.805. The average Bonchev–Trinajstić information content (AvgIpc) is 3.20. The molecule has 6 nitrogen and oxygen atoms in total. The van der Waals surface area contributed by atoms with Crippen LogP contribution in [-0.4, -0.2) is 38.3 Å². The minimum atomic E-state index is -0.415. The summed E-state index contributed by atoms with van der Waals surface area (Å²) in [5.41, 5.74) is 1.55. The molecule has 1 aliphatic heterocycles. The first kappa shape index (κ1) is 17.9. The minimum Gasteiger partial charge on any atom is -0.491 e. The van der Waals surface area contributed by atoms with Crippen molar-refractivity contribution in [2.75, 3.05) is 25.6 Å². The highest BCUT2D eigenvalue weighted by atomic mass is 16.5. The molecule has 2 aromatic carbocycles. The normalized spacial score (nSPS) is 16.1. The third-order valence-electron chi connectivity index (χ3n) is 4.14. The van der Waals surface area contributed by atoms with Gasteiger partial charge in [0.1, 0.15) is 12.4 Å². The van der Waals surface area contributed by atoms with E-state index in [4.69, 9.17) is 9.47 Å². The molecule has 1 amide bonds. The molecular formula is C20H21NO5. The number of carbonyl (C=O) groups excluding carboxylic acids is 2. The van der Waals surface area contributed by atoms with Gasteiger partial charge in [0.15, 0.2) is 0 Å². The number of hydrogen-bond donors (Lipinski definition) is 1. The number of carbonyl (C=O) groups is 2. The van der Waals surface area contributed by atoms with Crippen molar-refractivity contribution in [2.45, 2.75) is 18.9 Å². The molecular weight excluding hydrogens is 334 g/mol. The maximum Gasteiger partial charge on any atom is 0.337 e. The van der Waals surface area contributed by atoms with Crippen LogP contribution in [0.25, 0.3) is 0 Å². The number of ether oxygens (including phenoxy) is 3. The number of benzene rings is 2. The molecule has 1 saturated heterocycles. The molecule has 0 radical (unpaired) electrons. The zero-order valence-corrected chi connectivity index (χ0v) is 14.6. The van der Waals surface area contributed by atoms with Crippen LogP contribution in [0.15, 0.2) is 48.5 Å². The molecule has 2 aromatic rings. The molecule has 1 atom stereocenters. The highest BCUT2D eigenvalue weighted by molar-refractivity contribution is 6.04. The average molecular weight is 355 g/mol. The van der Waals surface area contributed by atoms with E-state index in [0.717, 1.165) is 19.4 Å². The van der Waals surface area contributed by atoms with Crippen molar-refractivity contribution in [1.29, 1.82) is 0 Å². The summed E-state index contributed by atoms with van der Waals surface area (Å²) in [5, 5.41) is 2.79. The van der Waals surface area contributed by atoms with E-state index in [9.17, 15) is 9.59 Å². The first-order valence-electron chi connectivity index (χ1n) is 8.50. The molecule has 1 heterocycles. The van der Waals surface area contributed by atoms with Gasteiger partial charge in [-0.1, -0.05) is 0 Å². The number of rotatable bonds is 6. The molecule has 1 aliphatic rings. The molecule has 1 fully saturated rings. The molecule has 1 N–H and O–H groups in total. The Morgan fingerprint density at radius 3 is 2.38 bits per heavy atom. The Labute approximate surface area is 152 Å². The van der Waals surface area contributed by atoms with Gasteiger partial charge in [-0.3, -0.25) is 4.79 Å². The van der Waals surface area contributed by atoms with E-state index in [1.165, 1.54) is 7.11 Å². The summed E-state index contributed by atoms with van der Waals surface area (Å²) in [6, 6.07) is 13.5. The molecule has 0 unspecified atom stereocenters. The Hall–Kier alpha value is -2.86. The third-order valence-corrected chi connectivity index (χ3v) is 4.14. The Kier molecular flexibility index (Phi) is 5.86. The zero-order valence-electron chi connectivity index (χ0n) is 14.6. The number of esters is 1. The topological polar surface area (TPSA) is 73.9 Å². The van der Waals surface area contributed by atoms with Crippen molar-refractivity contribution in [3.05, 3.63) is 59.7 Å². The third kappa shape index (κ3) is 4.61. The highest BCUT2D eigenvalue weighted by Gasteiger charge is 2.16. The number of nitrogens with one attached hydrogen (secondary N) is 1. The van der Waals surface area contributed by atoms with E-state index in [1.54, 1.807) is 48.5 Å². The Morgan fingerprint density at radius 2 is 1.77 bits per heavy atom. The molecule has 136 valence electrons. The van der Waals surface area contributed by atoms with E-state index in [2.05, 4.69) is 10.1 Å². The highest BCUT2D eigenvalue weighted by Crippen LogP contribution is 2.18. The zero-order chi connectivity index (χ0) is 18.4. The predicted octanol–water partition coefficient (Wildman–Crippen LogP) is 3.28. The van der Waals surface area contributed by atoms with Gasteiger partial charge in [-0.2, -0.15) is 0 Å². The molecule has 3 rings (SSSR count). The van der Waals surface area contributed by atoms with Crippen LogP contribution in [0.2, 0.25) is 0 Å². The number of methoxy groups -OCH3 is 1. The van der Waals surface area contributed by atoms with E-state index < -0.39 is 5.97 Å². The van der Waals surface area contributed by atoms with Gasteiger partial charge < -0.3 is 19.5 Å². The SMILES string of the molecule is COC(=O)c1ccc(NC(=O)c2ccc(OC[C@H]3CCCO3)cc2)cc1. The fourth-order valence-corrected chi connectivity index (χ4v) is 2.68. The molecule has 0 aliphatic carbocycles. The van der Waals surface area contributed by atoms with E-state index in [1.807, 2.05) is 0 Å². The van der Waals surface area contributed by atoms with Crippen LogP contribution in [0, 0.1) is 0 Å². The lowest BCUT2D eigenvalue weighted by Crippen LogP contribution is -2.16. The lowest BCUT2D eigenvalue weighted by Gasteiger charge is -2.12. The summed E-state index contributed by atoms with van der Waals surface area (Å²) in [6.45, 7) is 1.33.